The van der Waals surface area contributed by atoms with Gasteiger partial charge in [0.05, 0.1) is 20.3 Å². The van der Waals surface area contributed by atoms with Crippen molar-refractivity contribution in [3.05, 3.63) is 23.3 Å². The molecule has 25 heavy (non-hydrogen) atoms. The molecule has 0 spiro atoms. The summed E-state index contributed by atoms with van der Waals surface area (Å²) in [5.74, 6) is 2.47. The lowest BCUT2D eigenvalue weighted by atomic mass is 9.85. The summed E-state index contributed by atoms with van der Waals surface area (Å²) in [6, 6.07) is 4.65. The zero-order chi connectivity index (χ0) is 17.4. The Balaban J connectivity index is 1.47. The summed E-state index contributed by atoms with van der Waals surface area (Å²) >= 11 is 0. The Morgan fingerprint density at radius 1 is 1.12 bits per heavy atom. The van der Waals surface area contributed by atoms with Crippen LogP contribution >= 0.6 is 0 Å². The topological polar surface area (TPSA) is 50.8 Å². The van der Waals surface area contributed by atoms with Gasteiger partial charge < -0.3 is 19.7 Å². The van der Waals surface area contributed by atoms with Gasteiger partial charge in [-0.05, 0) is 54.9 Å². The molecular formula is C20H28N2O3. The summed E-state index contributed by atoms with van der Waals surface area (Å²) in [5, 5.41) is 3.62. The van der Waals surface area contributed by atoms with Gasteiger partial charge in [0.2, 0.25) is 5.91 Å². The monoisotopic (exact) mass is 344 g/mol. The number of hydrogen-bond acceptors (Lipinski definition) is 4. The fourth-order valence-corrected chi connectivity index (χ4v) is 4.80. The van der Waals surface area contributed by atoms with E-state index < -0.39 is 0 Å². The first-order valence-electron chi connectivity index (χ1n) is 9.48. The summed E-state index contributed by atoms with van der Waals surface area (Å²) in [7, 11) is 3.31. The molecule has 5 heteroatoms. The highest BCUT2D eigenvalue weighted by Crippen LogP contribution is 2.36. The summed E-state index contributed by atoms with van der Waals surface area (Å²) < 4.78 is 10.8. The number of rotatable bonds is 3. The van der Waals surface area contributed by atoms with Crippen LogP contribution in [0.15, 0.2) is 12.1 Å². The van der Waals surface area contributed by atoms with Gasteiger partial charge in [0.15, 0.2) is 11.5 Å². The van der Waals surface area contributed by atoms with Crippen LogP contribution in [-0.4, -0.2) is 43.7 Å². The Kier molecular flexibility index (Phi) is 4.59. The number of amides is 1. The second-order valence-electron chi connectivity index (χ2n) is 7.59. The molecule has 0 bridgehead atoms. The van der Waals surface area contributed by atoms with Crippen LogP contribution in [0.5, 0.6) is 11.5 Å². The second kappa shape index (κ2) is 6.87. The lowest BCUT2D eigenvalue weighted by Gasteiger charge is -2.31. The number of hydrogen-bond donors (Lipinski definition) is 1. The van der Waals surface area contributed by atoms with Crippen molar-refractivity contribution < 1.29 is 14.3 Å². The number of ether oxygens (including phenoxy) is 2. The van der Waals surface area contributed by atoms with Crippen LogP contribution in [0.25, 0.3) is 0 Å². The van der Waals surface area contributed by atoms with Crippen molar-refractivity contribution in [1.29, 1.82) is 0 Å². The molecular weight excluding hydrogens is 316 g/mol. The molecule has 1 amide bonds. The molecule has 1 aliphatic carbocycles. The number of benzene rings is 1. The minimum atomic E-state index is 0.00907. The Morgan fingerprint density at radius 2 is 1.84 bits per heavy atom. The first-order valence-corrected chi connectivity index (χ1v) is 9.48. The molecule has 1 saturated carbocycles. The molecule has 3 atom stereocenters. The Labute approximate surface area is 149 Å². The number of nitrogens with zero attached hydrogens (tertiary/aromatic N) is 1. The lowest BCUT2D eigenvalue weighted by Crippen LogP contribution is -2.47. The van der Waals surface area contributed by atoms with Crippen molar-refractivity contribution in [3.63, 3.8) is 0 Å². The molecule has 1 aromatic rings. The highest BCUT2D eigenvalue weighted by atomic mass is 16.5. The Bertz CT molecular complexity index is 647. The summed E-state index contributed by atoms with van der Waals surface area (Å²) in [6.45, 7) is 1.46. The van der Waals surface area contributed by atoms with Gasteiger partial charge in [-0.25, -0.2) is 0 Å². The number of carbonyl (C=O) groups excluding carboxylic acids is 1. The van der Waals surface area contributed by atoms with Gasteiger partial charge in [-0.3, -0.25) is 4.79 Å². The molecule has 4 rings (SSSR count). The van der Waals surface area contributed by atoms with Crippen LogP contribution in [0.3, 0.4) is 0 Å². The number of nitrogens with one attached hydrogen (secondary N) is 1. The zero-order valence-corrected chi connectivity index (χ0v) is 15.2. The maximum absolute atomic E-state index is 13.0. The first-order chi connectivity index (χ1) is 12.2. The average molecular weight is 344 g/mol. The summed E-state index contributed by atoms with van der Waals surface area (Å²) in [5.41, 5.74) is 2.43. The van der Waals surface area contributed by atoms with E-state index in [1.165, 1.54) is 36.8 Å². The quantitative estimate of drug-likeness (QED) is 0.915. The molecule has 136 valence electrons. The molecule has 5 nitrogen and oxygen atoms in total. The summed E-state index contributed by atoms with van der Waals surface area (Å²) in [4.78, 5) is 15.1. The van der Waals surface area contributed by atoms with Gasteiger partial charge in [-0.1, -0.05) is 12.8 Å². The van der Waals surface area contributed by atoms with E-state index in [1.807, 2.05) is 11.0 Å². The fourth-order valence-electron chi connectivity index (χ4n) is 4.80. The van der Waals surface area contributed by atoms with Crippen LogP contribution in [-0.2, 0) is 17.8 Å². The number of fused-ring (bicyclic) bond motifs is 2. The molecule has 1 aromatic carbocycles. The molecule has 0 radical (unpaired) electrons. The SMILES string of the molecule is COc1cc2c(cc1OC)CN(C(=O)C1CC3CCCCC3N1)CC2. The molecule has 2 aliphatic heterocycles. The lowest BCUT2D eigenvalue weighted by molar-refractivity contribution is -0.134. The smallest absolute Gasteiger partial charge is 0.240 e. The van der Waals surface area contributed by atoms with Crippen molar-refractivity contribution >= 4 is 5.91 Å². The third-order valence-electron chi connectivity index (χ3n) is 6.19. The van der Waals surface area contributed by atoms with E-state index >= 15 is 0 Å². The molecule has 3 aliphatic rings. The van der Waals surface area contributed by atoms with E-state index in [-0.39, 0.29) is 11.9 Å². The fraction of sp³-hybridized carbons (Fsp3) is 0.650. The van der Waals surface area contributed by atoms with Crippen molar-refractivity contribution in [3.8, 4) is 11.5 Å². The van der Waals surface area contributed by atoms with E-state index in [1.54, 1.807) is 14.2 Å². The van der Waals surface area contributed by atoms with Gasteiger partial charge >= 0.3 is 0 Å². The normalized spacial score (nSPS) is 28.2. The highest BCUT2D eigenvalue weighted by Gasteiger charge is 2.40. The van der Waals surface area contributed by atoms with Crippen molar-refractivity contribution in [1.82, 2.24) is 10.2 Å². The van der Waals surface area contributed by atoms with Gasteiger partial charge in [0.25, 0.3) is 0 Å². The van der Waals surface area contributed by atoms with Gasteiger partial charge in [-0.15, -0.1) is 0 Å². The van der Waals surface area contributed by atoms with Gasteiger partial charge in [-0.2, -0.15) is 0 Å². The predicted molar refractivity (Wildman–Crippen MR) is 96.0 cm³/mol. The largest absolute Gasteiger partial charge is 0.493 e. The van der Waals surface area contributed by atoms with E-state index in [0.717, 1.165) is 30.9 Å². The minimum absolute atomic E-state index is 0.00907. The van der Waals surface area contributed by atoms with E-state index in [4.69, 9.17) is 9.47 Å². The summed E-state index contributed by atoms with van der Waals surface area (Å²) in [6.07, 6.45) is 7.02. The van der Waals surface area contributed by atoms with Crippen LogP contribution in [0.1, 0.15) is 43.2 Å². The van der Waals surface area contributed by atoms with E-state index in [9.17, 15) is 4.79 Å². The minimum Gasteiger partial charge on any atom is -0.493 e. The zero-order valence-electron chi connectivity index (χ0n) is 15.2. The van der Waals surface area contributed by atoms with Crippen LogP contribution in [0, 0.1) is 5.92 Å². The van der Waals surface area contributed by atoms with Crippen molar-refractivity contribution in [2.75, 3.05) is 20.8 Å². The van der Waals surface area contributed by atoms with E-state index in [0.29, 0.717) is 18.5 Å². The molecule has 0 aromatic heterocycles. The molecule has 2 fully saturated rings. The first kappa shape index (κ1) is 16.7. The van der Waals surface area contributed by atoms with Crippen LogP contribution in [0.2, 0.25) is 0 Å². The maximum Gasteiger partial charge on any atom is 0.240 e. The standard InChI is InChI=1S/C20H28N2O3/c1-24-18-10-13-7-8-22(12-15(13)11-19(18)25-2)20(23)17-9-14-5-3-4-6-16(14)21-17/h10-11,14,16-17,21H,3-9,12H2,1-2H3. The Morgan fingerprint density at radius 3 is 2.56 bits per heavy atom. The molecule has 1 saturated heterocycles. The third-order valence-corrected chi connectivity index (χ3v) is 6.19. The second-order valence-corrected chi connectivity index (χ2v) is 7.59. The van der Waals surface area contributed by atoms with Crippen LogP contribution < -0.4 is 14.8 Å². The van der Waals surface area contributed by atoms with Gasteiger partial charge in [0.1, 0.15) is 0 Å². The molecule has 3 unspecified atom stereocenters. The highest BCUT2D eigenvalue weighted by molar-refractivity contribution is 5.82. The van der Waals surface area contributed by atoms with Crippen molar-refractivity contribution in [2.45, 2.75) is 57.2 Å². The third kappa shape index (κ3) is 3.10. The number of methoxy groups -OCH3 is 2. The van der Waals surface area contributed by atoms with E-state index in [2.05, 4.69) is 11.4 Å². The Hall–Kier alpha value is -1.75. The predicted octanol–water partition coefficient (Wildman–Crippen LogP) is 2.51. The van der Waals surface area contributed by atoms with Crippen LogP contribution in [0.4, 0.5) is 0 Å². The maximum atomic E-state index is 13.0. The molecule has 1 N–H and O–H groups in total. The average Bonchev–Trinajstić information content (AvgIpc) is 3.10. The number of carbonyl (C=O) groups is 1. The van der Waals surface area contributed by atoms with Gasteiger partial charge in [0, 0.05) is 19.1 Å². The van der Waals surface area contributed by atoms with Crippen molar-refractivity contribution in [2.24, 2.45) is 5.92 Å². The molecule has 2 heterocycles.